The molecule has 19 nitrogen and oxygen atoms in total. The second-order valence-corrected chi connectivity index (χ2v) is 19.9. The van der Waals surface area contributed by atoms with Crippen LogP contribution in [0.4, 0.5) is 0 Å². The highest BCUT2D eigenvalue weighted by molar-refractivity contribution is 6.05. The molecule has 596 valence electrons. The summed E-state index contributed by atoms with van der Waals surface area (Å²) in [5, 5.41) is 44.5. The van der Waals surface area contributed by atoms with Crippen molar-refractivity contribution < 1.29 is 53.3 Å². The van der Waals surface area contributed by atoms with Crippen LogP contribution >= 0.6 is 0 Å². The van der Waals surface area contributed by atoms with Gasteiger partial charge in [-0.2, -0.15) is 10.5 Å². The number of nitrogens with two attached hydrogens (primary N) is 3. The third-order valence-corrected chi connectivity index (χ3v) is 15.0. The lowest BCUT2D eigenvalue weighted by molar-refractivity contribution is -0.155. The number of amidine groups is 2. The van der Waals surface area contributed by atoms with Gasteiger partial charge in [0.05, 0.1) is 47.6 Å². The summed E-state index contributed by atoms with van der Waals surface area (Å²) in [5.74, 6) is -3.52. The molecule has 3 aliphatic heterocycles. The van der Waals surface area contributed by atoms with E-state index in [0.29, 0.717) is 49.2 Å². The number of primary amides is 2. The van der Waals surface area contributed by atoms with E-state index in [1.165, 1.54) is 19.3 Å². The smallest absolute Gasteiger partial charge is 0.317 e. The Labute approximate surface area is 614 Å². The Morgan fingerprint density at radius 3 is 0.859 bits per heavy atom. The molecule has 0 aromatic heterocycles. The first-order chi connectivity index (χ1) is 45.4. The monoisotopic (exact) mass is 1420 g/mol. The number of hydrogen-bond acceptors (Lipinski definition) is 13. The fraction of sp³-hybridized carbons (Fsp3) is 0.850. The van der Waals surface area contributed by atoms with Gasteiger partial charge >= 0.3 is 23.9 Å². The molecule has 9 rings (SSSR count). The van der Waals surface area contributed by atoms with Crippen molar-refractivity contribution in [3.8, 4) is 12.1 Å². The molecule has 8 fully saturated rings. The van der Waals surface area contributed by atoms with Crippen molar-refractivity contribution in [1.82, 2.24) is 5.32 Å². The molecule has 3 heterocycles. The van der Waals surface area contributed by atoms with Crippen LogP contribution in [0.3, 0.4) is 0 Å². The zero-order chi connectivity index (χ0) is 75.9. The fourth-order valence-corrected chi connectivity index (χ4v) is 11.1. The van der Waals surface area contributed by atoms with E-state index in [1.807, 2.05) is 166 Å². The number of aliphatic imine (C=N–C) groups is 1. The lowest BCUT2D eigenvalue weighted by Gasteiger charge is -2.26. The van der Waals surface area contributed by atoms with Crippen LogP contribution < -0.4 is 22.5 Å². The molecule has 19 heteroatoms. The lowest BCUT2D eigenvalue weighted by atomic mass is 9.78. The molecule has 0 spiro atoms. The van der Waals surface area contributed by atoms with Crippen LogP contribution in [0.2, 0.25) is 0 Å². The van der Waals surface area contributed by atoms with Gasteiger partial charge in [0.2, 0.25) is 23.6 Å². The van der Waals surface area contributed by atoms with E-state index in [-0.39, 0.29) is 108 Å². The average molecular weight is 1420 g/mol. The number of fused-ring (bicyclic) bond motifs is 3. The minimum atomic E-state index is -0.970. The van der Waals surface area contributed by atoms with E-state index in [0.717, 1.165) is 116 Å². The van der Waals surface area contributed by atoms with E-state index in [9.17, 15) is 38.4 Å². The molecule has 6 aliphatic carbocycles. The Morgan fingerprint density at radius 1 is 0.414 bits per heavy atom. The highest BCUT2D eigenvalue weighted by atomic mass is 16.6. The number of nitriles is 2. The molecule has 2 saturated heterocycles. The van der Waals surface area contributed by atoms with Gasteiger partial charge < -0.3 is 32.2 Å². The number of ether oxygens (including phenoxy) is 1. The first-order valence-corrected chi connectivity index (χ1v) is 37.8. The van der Waals surface area contributed by atoms with E-state index in [4.69, 9.17) is 43.3 Å². The molecule has 10 N–H and O–H groups in total. The molecule has 4 amide bonds. The van der Waals surface area contributed by atoms with Gasteiger partial charge in [-0.25, -0.2) is 4.99 Å². The quantitative estimate of drug-likeness (QED) is 0.0782. The number of nitrogens with zero attached hydrogens (tertiary/aromatic N) is 3. The summed E-state index contributed by atoms with van der Waals surface area (Å²) in [6, 6.07) is 4.36. The number of imide groups is 1. The van der Waals surface area contributed by atoms with Crippen molar-refractivity contribution in [2.45, 2.75) is 378 Å². The highest BCUT2D eigenvalue weighted by Gasteiger charge is 2.45. The topological polar surface area (TPSA) is 360 Å². The summed E-state index contributed by atoms with van der Waals surface area (Å²) in [6.07, 6.45) is 24.0. The number of amides is 4. The van der Waals surface area contributed by atoms with Crippen LogP contribution in [0.1, 0.15) is 378 Å². The van der Waals surface area contributed by atoms with E-state index in [2.05, 4.69) is 41.0 Å². The van der Waals surface area contributed by atoms with Crippen LogP contribution in [0.5, 0.6) is 0 Å². The summed E-state index contributed by atoms with van der Waals surface area (Å²) in [5.41, 5.74) is 16.0. The normalized spacial score (nSPS) is 23.6. The van der Waals surface area contributed by atoms with Gasteiger partial charge in [-0.05, 0) is 77.0 Å². The van der Waals surface area contributed by atoms with Crippen LogP contribution in [-0.4, -0.2) is 69.4 Å². The molecule has 6 unspecified atom stereocenters. The molecule has 12 atom stereocenters. The number of carbonyl (C=O) groups is 8. The second kappa shape index (κ2) is 94.3. The predicted octanol–water partition coefficient (Wildman–Crippen LogP) is 21.9. The Kier molecular flexibility index (Phi) is 124. The molecular formula is C80H170N8O11. The number of esters is 2. The van der Waals surface area contributed by atoms with Crippen LogP contribution in [0.15, 0.2) is 4.99 Å². The molecule has 9 aliphatic rings. The summed E-state index contributed by atoms with van der Waals surface area (Å²) in [7, 11) is 0. The Balaban J connectivity index is -0.0000000609. The maximum Gasteiger partial charge on any atom is 0.317 e. The zero-order valence-corrected chi connectivity index (χ0v) is 65.2. The molecule has 6 saturated carbocycles. The number of nitrogens with one attached hydrogen (secondary N) is 2. The summed E-state index contributed by atoms with van der Waals surface area (Å²) < 4.78 is 4.53. The fourth-order valence-electron chi connectivity index (χ4n) is 11.1. The van der Waals surface area contributed by atoms with Gasteiger partial charge in [-0.3, -0.25) is 49.1 Å². The number of hydrogen-bond donors (Lipinski definition) is 7. The second-order valence-electron chi connectivity index (χ2n) is 19.9. The standard InChI is InChI=1S/C8H13N3.C8H14N2O2.C8H10N2.C8H11NO2.C8H12O4.C8H10O3.C3H8.12C2H6.5CH4/c9-7-5-3-1-2-4-6(5)8(10)11-7;9-7(11)5-3-1-2-4-6(5)8(10)12;9-5-7-3-1-2-4-8(7)6-10;10-7-5-3-1-2-4-6(5)8(11)9-7;9-7(10)5-3-1-2-4-6(5)8(11)12;9-7-5-3-1-2-4-6(5)8(10)11-7;1-3-2;12*1-2;;;;;/h5-6H,1-4H2,(H3,9,10,11);5-6H,1-4H2,(H2,9,11)(H2,10,12);7-8H,1-4H2;5-6H,1-4H2,(H,9,10,11);5-6H,1-4H2,(H,9,10)(H,11,12);5-6H,1-4H2;3H2,1-2H3;12*1-2H3;5*1H4/t2*5-,6?;7-,8?;3*5-,6?;;;;;;;;;;;;;;;;;;/m001000................../s1. The molecule has 0 aromatic carbocycles. The van der Waals surface area contributed by atoms with Crippen molar-refractivity contribution in [2.75, 3.05) is 0 Å². The Hall–Kier alpha value is -5.72. The van der Waals surface area contributed by atoms with Gasteiger partial charge in [0.15, 0.2) is 0 Å². The van der Waals surface area contributed by atoms with Gasteiger partial charge in [-0.1, -0.05) is 301 Å². The summed E-state index contributed by atoms with van der Waals surface area (Å²) >= 11 is 0. The third-order valence-electron chi connectivity index (χ3n) is 15.0. The van der Waals surface area contributed by atoms with Crippen LogP contribution in [0, 0.1) is 99.1 Å². The maximum atomic E-state index is 11.1. The number of cyclic esters (lactones) is 2. The van der Waals surface area contributed by atoms with E-state index in [1.54, 1.807) is 0 Å². The first-order valence-electron chi connectivity index (χ1n) is 37.8. The van der Waals surface area contributed by atoms with Gasteiger partial charge in [0.25, 0.3) is 0 Å². The maximum absolute atomic E-state index is 11.1. The van der Waals surface area contributed by atoms with E-state index < -0.39 is 35.6 Å². The van der Waals surface area contributed by atoms with Crippen molar-refractivity contribution in [3.63, 3.8) is 0 Å². The van der Waals surface area contributed by atoms with E-state index >= 15 is 0 Å². The van der Waals surface area contributed by atoms with Crippen LogP contribution in [0.25, 0.3) is 0 Å². The number of carbonyl (C=O) groups excluding carboxylic acids is 6. The van der Waals surface area contributed by atoms with Crippen molar-refractivity contribution in [2.24, 2.45) is 93.2 Å². The molecule has 99 heavy (non-hydrogen) atoms. The lowest BCUT2D eigenvalue weighted by Crippen LogP contribution is -2.39. The SMILES string of the molecule is C.C.C.C.C.CC.CC.CC.CC.CC.CC.CC.CC.CC.CC.CC.CC.CCC.N#CC1CCCC[C@@H]1C#N.N=C1N=C(N)C2CCCC[C@H]12.NC(=O)C1CCCC[C@@H]1C(N)=O.O=C(O)C1CCCC[C@@H]1C(=O)O.O=C1NC(=O)[C@H]2CCCCC12.O=C1OC(=O)[C@H]2CCCCC12. The highest BCUT2D eigenvalue weighted by Crippen LogP contribution is 2.38. The van der Waals surface area contributed by atoms with Crippen LogP contribution in [-0.2, 0) is 43.1 Å². The number of rotatable bonds is 4. The van der Waals surface area contributed by atoms with Gasteiger partial charge in [0.1, 0.15) is 11.7 Å². The van der Waals surface area contributed by atoms with Crippen molar-refractivity contribution in [3.05, 3.63) is 0 Å². The average Bonchev–Trinajstić information content (AvgIpc) is 1.72. The zero-order valence-electron chi connectivity index (χ0n) is 65.2. The molecule has 0 bridgehead atoms. The van der Waals surface area contributed by atoms with Gasteiger partial charge in [-0.15, -0.1) is 0 Å². The van der Waals surface area contributed by atoms with Crippen molar-refractivity contribution in [1.29, 1.82) is 15.9 Å². The number of carboxylic acid groups (broad SMARTS) is 2. The summed E-state index contributed by atoms with van der Waals surface area (Å²) in [6.45, 7) is 52.2. The molecular weight excluding hydrogens is 1250 g/mol. The molecule has 0 aromatic rings. The third kappa shape index (κ3) is 55.6. The van der Waals surface area contributed by atoms with Crippen molar-refractivity contribution >= 4 is 59.2 Å². The minimum Gasteiger partial charge on any atom is -0.481 e. The minimum absolute atomic E-state index is 0. The first kappa shape index (κ1) is 130. The largest absolute Gasteiger partial charge is 0.481 e. The molecule has 0 radical (unpaired) electrons. The number of aliphatic carboxylic acids is 2. The Morgan fingerprint density at radius 2 is 0.626 bits per heavy atom. The predicted molar refractivity (Wildman–Crippen MR) is 427 cm³/mol. The summed E-state index contributed by atoms with van der Waals surface area (Å²) in [4.78, 5) is 91.1. The van der Waals surface area contributed by atoms with Gasteiger partial charge in [0, 0.05) is 35.5 Å². The number of carboxylic acids is 2. The Bertz CT molecular complexity index is 1770.